The molecule has 1 aliphatic rings. The molecule has 1 aromatic heterocycles. The molecule has 1 fully saturated rings. The summed E-state index contributed by atoms with van der Waals surface area (Å²) < 4.78 is 16.1. The molecule has 158 valence electrons. The molecule has 1 N–H and O–H groups in total. The van der Waals surface area contributed by atoms with E-state index < -0.39 is 5.60 Å². The van der Waals surface area contributed by atoms with Crippen LogP contribution in [-0.2, 0) is 13.0 Å². The van der Waals surface area contributed by atoms with E-state index in [1.807, 2.05) is 42.5 Å². The number of aliphatic hydroxyl groups is 1. The Morgan fingerprint density at radius 2 is 1.70 bits per heavy atom. The van der Waals surface area contributed by atoms with Gasteiger partial charge >= 0.3 is 0 Å². The first-order valence-corrected chi connectivity index (χ1v) is 10.2. The molecule has 1 saturated heterocycles. The van der Waals surface area contributed by atoms with E-state index in [-0.39, 0.29) is 0 Å². The molecule has 6 nitrogen and oxygen atoms in total. The second-order valence-electron chi connectivity index (χ2n) is 7.94. The van der Waals surface area contributed by atoms with Gasteiger partial charge in [0.05, 0.1) is 19.8 Å². The summed E-state index contributed by atoms with van der Waals surface area (Å²) in [6, 6.07) is 17.8. The van der Waals surface area contributed by atoms with Gasteiger partial charge < -0.3 is 19.1 Å². The summed E-state index contributed by atoms with van der Waals surface area (Å²) in [6.07, 6.45) is 1.87. The van der Waals surface area contributed by atoms with Gasteiger partial charge in [-0.1, -0.05) is 29.4 Å². The van der Waals surface area contributed by atoms with Crippen LogP contribution in [0.3, 0.4) is 0 Å². The van der Waals surface area contributed by atoms with Crippen molar-refractivity contribution in [2.75, 3.05) is 27.3 Å². The number of hydrogen-bond donors (Lipinski definition) is 1. The second kappa shape index (κ2) is 8.90. The fraction of sp³-hybridized carbons (Fsp3) is 0.375. The minimum atomic E-state index is -0.768. The zero-order valence-corrected chi connectivity index (χ0v) is 17.5. The number of aromatic nitrogens is 1. The van der Waals surface area contributed by atoms with Crippen LogP contribution in [0.5, 0.6) is 11.5 Å². The Balaban J connectivity index is 1.35. The van der Waals surface area contributed by atoms with E-state index in [4.69, 9.17) is 14.0 Å². The maximum atomic E-state index is 11.1. The standard InChI is InChI=1S/C24H28N2O4/c1-28-20-7-3-5-18(13-20)17-26-11-9-24(27,10-12-26)16-22-15-23(25-30-22)19-6-4-8-21(14-19)29-2/h3-8,13-15,27H,9-12,16-17H2,1-2H3. The van der Waals surface area contributed by atoms with Crippen molar-refractivity contribution >= 4 is 0 Å². The minimum absolute atomic E-state index is 0.469. The summed E-state index contributed by atoms with van der Waals surface area (Å²) in [5.74, 6) is 2.36. The second-order valence-corrected chi connectivity index (χ2v) is 7.94. The van der Waals surface area contributed by atoms with Crippen molar-refractivity contribution in [3.63, 3.8) is 0 Å². The summed E-state index contributed by atoms with van der Waals surface area (Å²) in [7, 11) is 3.33. The molecule has 0 unspecified atom stereocenters. The highest BCUT2D eigenvalue weighted by atomic mass is 16.5. The van der Waals surface area contributed by atoms with Crippen LogP contribution >= 0.6 is 0 Å². The van der Waals surface area contributed by atoms with Crippen molar-refractivity contribution in [2.45, 2.75) is 31.4 Å². The molecule has 3 aromatic rings. The molecule has 0 amide bonds. The van der Waals surface area contributed by atoms with E-state index in [2.05, 4.69) is 22.2 Å². The van der Waals surface area contributed by atoms with Crippen molar-refractivity contribution in [3.8, 4) is 22.8 Å². The van der Waals surface area contributed by atoms with Gasteiger partial charge in [0.1, 0.15) is 23.0 Å². The average molecular weight is 408 g/mol. The zero-order valence-electron chi connectivity index (χ0n) is 17.5. The highest BCUT2D eigenvalue weighted by Gasteiger charge is 2.33. The Labute approximate surface area is 177 Å². The Hall–Kier alpha value is -2.83. The topological polar surface area (TPSA) is 68.0 Å². The van der Waals surface area contributed by atoms with Crippen molar-refractivity contribution in [3.05, 3.63) is 65.9 Å². The summed E-state index contributed by atoms with van der Waals surface area (Å²) in [6.45, 7) is 2.53. The SMILES string of the molecule is COc1cccc(CN2CCC(O)(Cc3cc(-c4cccc(OC)c4)no3)CC2)c1. The lowest BCUT2D eigenvalue weighted by atomic mass is 9.87. The quantitative estimate of drug-likeness (QED) is 0.639. The lowest BCUT2D eigenvalue weighted by molar-refractivity contribution is -0.0265. The fourth-order valence-corrected chi connectivity index (χ4v) is 3.97. The molecule has 0 radical (unpaired) electrons. The molecule has 0 spiro atoms. The summed E-state index contributed by atoms with van der Waals surface area (Å²) >= 11 is 0. The predicted octanol–water partition coefficient (Wildman–Crippen LogP) is 3.93. The van der Waals surface area contributed by atoms with Crippen LogP contribution < -0.4 is 9.47 Å². The van der Waals surface area contributed by atoms with E-state index in [1.165, 1.54) is 5.56 Å². The molecule has 2 heterocycles. The summed E-state index contributed by atoms with van der Waals surface area (Å²) in [5, 5.41) is 15.3. The predicted molar refractivity (Wildman–Crippen MR) is 115 cm³/mol. The number of methoxy groups -OCH3 is 2. The van der Waals surface area contributed by atoms with E-state index in [1.54, 1.807) is 14.2 Å². The number of ether oxygens (including phenoxy) is 2. The molecule has 2 aromatic carbocycles. The van der Waals surface area contributed by atoms with Crippen LogP contribution in [0.15, 0.2) is 59.1 Å². The maximum absolute atomic E-state index is 11.1. The van der Waals surface area contributed by atoms with Crippen LogP contribution in [-0.4, -0.2) is 48.1 Å². The molecule has 6 heteroatoms. The van der Waals surface area contributed by atoms with Gasteiger partial charge in [0, 0.05) is 37.7 Å². The van der Waals surface area contributed by atoms with Gasteiger partial charge in [-0.25, -0.2) is 0 Å². The first-order chi connectivity index (χ1) is 14.6. The van der Waals surface area contributed by atoms with Gasteiger partial charge in [-0.2, -0.15) is 0 Å². The lowest BCUT2D eigenvalue weighted by Crippen LogP contribution is -2.45. The molecule has 30 heavy (non-hydrogen) atoms. The smallest absolute Gasteiger partial charge is 0.140 e. The lowest BCUT2D eigenvalue weighted by Gasteiger charge is -2.37. The molecule has 0 bridgehead atoms. The number of nitrogens with zero attached hydrogens (tertiary/aromatic N) is 2. The van der Waals surface area contributed by atoms with Crippen molar-refractivity contribution in [2.24, 2.45) is 0 Å². The van der Waals surface area contributed by atoms with Crippen molar-refractivity contribution in [1.82, 2.24) is 10.1 Å². The highest BCUT2D eigenvalue weighted by Crippen LogP contribution is 2.30. The number of hydrogen-bond acceptors (Lipinski definition) is 6. The molecule has 1 aliphatic heterocycles. The van der Waals surface area contributed by atoms with Crippen molar-refractivity contribution in [1.29, 1.82) is 0 Å². The monoisotopic (exact) mass is 408 g/mol. The maximum Gasteiger partial charge on any atom is 0.140 e. The Morgan fingerprint density at radius 3 is 2.43 bits per heavy atom. The summed E-state index contributed by atoms with van der Waals surface area (Å²) in [4.78, 5) is 2.37. The zero-order chi connectivity index (χ0) is 21.0. The Morgan fingerprint density at radius 1 is 1.00 bits per heavy atom. The normalized spacial score (nSPS) is 16.4. The highest BCUT2D eigenvalue weighted by molar-refractivity contribution is 5.60. The summed E-state index contributed by atoms with van der Waals surface area (Å²) in [5.41, 5.74) is 2.14. The average Bonchev–Trinajstić information content (AvgIpc) is 3.24. The Bertz CT molecular complexity index is 977. The molecule has 0 atom stereocenters. The third-order valence-electron chi connectivity index (χ3n) is 5.75. The van der Waals surface area contributed by atoms with Gasteiger partial charge in [0.2, 0.25) is 0 Å². The molecular formula is C24H28N2O4. The first kappa shape index (κ1) is 20.4. The van der Waals surface area contributed by atoms with Crippen LogP contribution in [0.1, 0.15) is 24.2 Å². The van der Waals surface area contributed by atoms with Crippen molar-refractivity contribution < 1.29 is 19.1 Å². The van der Waals surface area contributed by atoms with Gasteiger partial charge in [-0.3, -0.25) is 4.90 Å². The van der Waals surface area contributed by atoms with Crippen LogP contribution in [0.2, 0.25) is 0 Å². The molecule has 0 aliphatic carbocycles. The van der Waals surface area contributed by atoms with Gasteiger partial charge in [-0.15, -0.1) is 0 Å². The van der Waals surface area contributed by atoms with Gasteiger partial charge in [-0.05, 0) is 42.7 Å². The van der Waals surface area contributed by atoms with E-state index in [0.717, 1.165) is 42.4 Å². The minimum Gasteiger partial charge on any atom is -0.497 e. The fourth-order valence-electron chi connectivity index (χ4n) is 3.97. The number of benzene rings is 2. The largest absolute Gasteiger partial charge is 0.497 e. The van der Waals surface area contributed by atoms with Gasteiger partial charge in [0.15, 0.2) is 0 Å². The molecule has 4 rings (SSSR count). The third kappa shape index (κ3) is 4.83. The van der Waals surface area contributed by atoms with Crippen LogP contribution in [0.4, 0.5) is 0 Å². The number of rotatable bonds is 7. The van der Waals surface area contributed by atoms with Crippen LogP contribution in [0, 0.1) is 0 Å². The molecular weight excluding hydrogens is 380 g/mol. The third-order valence-corrected chi connectivity index (χ3v) is 5.75. The number of piperidine rings is 1. The molecule has 0 saturated carbocycles. The van der Waals surface area contributed by atoms with E-state index in [9.17, 15) is 5.11 Å². The van der Waals surface area contributed by atoms with E-state index >= 15 is 0 Å². The Kier molecular flexibility index (Phi) is 6.06. The first-order valence-electron chi connectivity index (χ1n) is 10.2. The van der Waals surface area contributed by atoms with Gasteiger partial charge in [0.25, 0.3) is 0 Å². The van der Waals surface area contributed by atoms with Crippen LogP contribution in [0.25, 0.3) is 11.3 Å². The number of likely N-dealkylation sites (tertiary alicyclic amines) is 1. The van der Waals surface area contributed by atoms with E-state index in [0.29, 0.717) is 25.0 Å².